The van der Waals surface area contributed by atoms with Gasteiger partial charge in [-0.3, -0.25) is 14.4 Å². The largest absolute Gasteiger partial charge is 0.480 e. The third-order valence-corrected chi connectivity index (χ3v) is 3.39. The molecule has 0 radical (unpaired) electrons. The van der Waals surface area contributed by atoms with Crippen molar-refractivity contribution in [2.24, 2.45) is 5.92 Å². The quantitative estimate of drug-likeness (QED) is 0.471. The number of rotatable bonds is 10. The van der Waals surface area contributed by atoms with E-state index in [1.54, 1.807) is 12.1 Å². The highest BCUT2D eigenvalue weighted by Crippen LogP contribution is 2.06. The first-order chi connectivity index (χ1) is 12.8. The van der Waals surface area contributed by atoms with Crippen molar-refractivity contribution in [1.29, 1.82) is 0 Å². The molecule has 4 N–H and O–H groups in total. The van der Waals surface area contributed by atoms with Crippen LogP contribution in [0.1, 0.15) is 25.8 Å². The lowest BCUT2D eigenvalue weighted by atomic mass is 10.0. The second-order valence-electron chi connectivity index (χ2n) is 6.28. The molecular weight excluding hydrogens is 354 g/mol. The molecule has 27 heavy (non-hydrogen) atoms. The second-order valence-corrected chi connectivity index (χ2v) is 6.28. The lowest BCUT2D eigenvalue weighted by Gasteiger charge is -2.20. The summed E-state index contributed by atoms with van der Waals surface area (Å²) in [6.45, 7) is 2.92. The summed E-state index contributed by atoms with van der Waals surface area (Å²) in [7, 11) is 0. The van der Waals surface area contributed by atoms with E-state index in [2.05, 4.69) is 16.0 Å². The van der Waals surface area contributed by atoms with E-state index in [1.807, 2.05) is 32.0 Å². The number of hydrogen-bond acceptors (Lipinski definition) is 5. The lowest BCUT2D eigenvalue weighted by Crippen LogP contribution is -2.49. The fourth-order valence-corrected chi connectivity index (χ4v) is 2.14. The molecule has 0 aliphatic carbocycles. The normalized spacial score (nSPS) is 11.4. The van der Waals surface area contributed by atoms with Crippen LogP contribution in [0.2, 0.25) is 0 Å². The van der Waals surface area contributed by atoms with Crippen LogP contribution in [0.15, 0.2) is 30.3 Å². The van der Waals surface area contributed by atoms with Crippen LogP contribution >= 0.6 is 0 Å². The van der Waals surface area contributed by atoms with Crippen LogP contribution < -0.4 is 16.0 Å². The van der Waals surface area contributed by atoms with Gasteiger partial charge in [0.1, 0.15) is 19.2 Å². The molecule has 0 aliphatic rings. The van der Waals surface area contributed by atoms with Crippen molar-refractivity contribution in [3.05, 3.63) is 35.9 Å². The fourth-order valence-electron chi connectivity index (χ4n) is 2.14. The van der Waals surface area contributed by atoms with E-state index in [1.165, 1.54) is 0 Å². The molecule has 148 valence electrons. The van der Waals surface area contributed by atoms with Gasteiger partial charge in [-0.2, -0.15) is 0 Å². The number of hydrogen-bond donors (Lipinski definition) is 4. The average Bonchev–Trinajstić information content (AvgIpc) is 2.62. The number of nitrogens with one attached hydrogen (secondary N) is 3. The van der Waals surface area contributed by atoms with Gasteiger partial charge in [0, 0.05) is 0 Å². The zero-order valence-electron chi connectivity index (χ0n) is 15.4. The first-order valence-corrected chi connectivity index (χ1v) is 8.51. The SMILES string of the molecule is CC(C)C[C@H](NC(=O)OCc1ccccc1)C(=O)NCC(=O)NCC(=O)O. The van der Waals surface area contributed by atoms with Crippen LogP contribution in [0.5, 0.6) is 0 Å². The summed E-state index contributed by atoms with van der Waals surface area (Å²) in [6, 6.07) is 8.23. The summed E-state index contributed by atoms with van der Waals surface area (Å²) in [5.74, 6) is -2.27. The minimum atomic E-state index is -1.19. The third-order valence-electron chi connectivity index (χ3n) is 3.39. The molecule has 0 saturated carbocycles. The van der Waals surface area contributed by atoms with Gasteiger partial charge in [-0.1, -0.05) is 44.2 Å². The van der Waals surface area contributed by atoms with Crippen LogP contribution in [-0.2, 0) is 25.7 Å². The van der Waals surface area contributed by atoms with Crippen LogP contribution in [0.25, 0.3) is 0 Å². The zero-order chi connectivity index (χ0) is 20.2. The van der Waals surface area contributed by atoms with Gasteiger partial charge in [0.15, 0.2) is 0 Å². The van der Waals surface area contributed by atoms with Crippen LogP contribution in [-0.4, -0.2) is 48.1 Å². The minimum Gasteiger partial charge on any atom is -0.480 e. The van der Waals surface area contributed by atoms with Crippen molar-refractivity contribution < 1.29 is 29.0 Å². The number of aliphatic carboxylic acids is 1. The molecule has 0 heterocycles. The molecule has 1 rings (SSSR count). The molecule has 0 fully saturated rings. The van der Waals surface area contributed by atoms with Gasteiger partial charge in [0.25, 0.3) is 0 Å². The van der Waals surface area contributed by atoms with E-state index in [-0.39, 0.29) is 19.1 Å². The molecule has 0 spiro atoms. The van der Waals surface area contributed by atoms with E-state index >= 15 is 0 Å². The number of carboxylic acid groups (broad SMARTS) is 1. The van der Waals surface area contributed by atoms with E-state index in [0.29, 0.717) is 6.42 Å². The summed E-state index contributed by atoms with van der Waals surface area (Å²) >= 11 is 0. The van der Waals surface area contributed by atoms with E-state index in [4.69, 9.17) is 9.84 Å². The number of carbonyl (C=O) groups is 4. The average molecular weight is 379 g/mol. The number of benzene rings is 1. The number of amides is 3. The highest BCUT2D eigenvalue weighted by atomic mass is 16.5. The van der Waals surface area contributed by atoms with Crippen LogP contribution in [0.4, 0.5) is 4.79 Å². The Morgan fingerprint density at radius 2 is 1.70 bits per heavy atom. The molecule has 0 saturated heterocycles. The maximum atomic E-state index is 12.3. The molecular formula is C18H25N3O6. The summed E-state index contributed by atoms with van der Waals surface area (Å²) < 4.78 is 5.11. The Morgan fingerprint density at radius 1 is 1.04 bits per heavy atom. The topological polar surface area (TPSA) is 134 Å². The van der Waals surface area contributed by atoms with Crippen molar-refractivity contribution in [2.45, 2.75) is 32.9 Å². The fraction of sp³-hybridized carbons (Fsp3) is 0.444. The first kappa shape index (κ1) is 21.9. The Balaban J connectivity index is 2.50. The highest BCUT2D eigenvalue weighted by molar-refractivity contribution is 5.90. The van der Waals surface area contributed by atoms with Crippen LogP contribution in [0, 0.1) is 5.92 Å². The van der Waals surface area contributed by atoms with Gasteiger partial charge in [-0.15, -0.1) is 0 Å². The molecule has 1 aromatic rings. The Hall–Kier alpha value is -3.10. The minimum absolute atomic E-state index is 0.0697. The maximum absolute atomic E-state index is 12.3. The predicted octanol–water partition coefficient (Wildman–Crippen LogP) is 0.645. The molecule has 1 atom stereocenters. The van der Waals surface area contributed by atoms with Crippen molar-refractivity contribution >= 4 is 23.9 Å². The van der Waals surface area contributed by atoms with Crippen molar-refractivity contribution in [1.82, 2.24) is 16.0 Å². The smallest absolute Gasteiger partial charge is 0.408 e. The predicted molar refractivity (Wildman–Crippen MR) is 96.7 cm³/mol. The summed E-state index contributed by atoms with van der Waals surface area (Å²) in [5.41, 5.74) is 0.813. The van der Waals surface area contributed by atoms with E-state index < -0.39 is 36.5 Å². The Labute approximate surface area is 157 Å². The second kappa shape index (κ2) is 11.5. The van der Waals surface area contributed by atoms with Crippen LogP contribution in [0.3, 0.4) is 0 Å². The van der Waals surface area contributed by atoms with Crippen molar-refractivity contribution in [3.63, 3.8) is 0 Å². The first-order valence-electron chi connectivity index (χ1n) is 8.51. The zero-order valence-corrected chi connectivity index (χ0v) is 15.4. The van der Waals surface area contributed by atoms with Gasteiger partial charge < -0.3 is 25.8 Å². The number of alkyl carbamates (subject to hydrolysis) is 1. The number of carboxylic acids is 1. The third kappa shape index (κ3) is 9.83. The Kier molecular flexibility index (Phi) is 9.35. The van der Waals surface area contributed by atoms with Gasteiger partial charge >= 0.3 is 12.1 Å². The molecule has 0 bridgehead atoms. The molecule has 0 aromatic heterocycles. The Morgan fingerprint density at radius 3 is 2.30 bits per heavy atom. The van der Waals surface area contributed by atoms with E-state index in [9.17, 15) is 19.2 Å². The maximum Gasteiger partial charge on any atom is 0.408 e. The Bertz CT molecular complexity index is 648. The molecule has 9 nitrogen and oxygen atoms in total. The molecule has 3 amide bonds. The molecule has 0 unspecified atom stereocenters. The van der Waals surface area contributed by atoms with Gasteiger partial charge in [-0.25, -0.2) is 4.79 Å². The molecule has 9 heteroatoms. The lowest BCUT2D eigenvalue weighted by molar-refractivity contribution is -0.137. The standard InChI is InChI=1S/C18H25N3O6/c1-12(2)8-14(17(25)20-9-15(22)19-10-16(23)24)21-18(26)27-11-13-6-4-3-5-7-13/h3-7,12,14H,8-11H2,1-2H3,(H,19,22)(H,20,25)(H,21,26)(H,23,24)/t14-/m0/s1. The van der Waals surface area contributed by atoms with E-state index in [0.717, 1.165) is 5.56 Å². The summed E-state index contributed by atoms with van der Waals surface area (Å²) in [4.78, 5) is 46.1. The van der Waals surface area contributed by atoms with Gasteiger partial charge in [-0.05, 0) is 17.9 Å². The van der Waals surface area contributed by atoms with Gasteiger partial charge in [0.05, 0.1) is 6.54 Å². The summed E-state index contributed by atoms with van der Waals surface area (Å²) in [5, 5.41) is 15.5. The molecule has 0 aliphatic heterocycles. The summed E-state index contributed by atoms with van der Waals surface area (Å²) in [6.07, 6.45) is -0.391. The highest BCUT2D eigenvalue weighted by Gasteiger charge is 2.23. The number of carbonyl (C=O) groups excluding carboxylic acids is 3. The van der Waals surface area contributed by atoms with Crippen molar-refractivity contribution in [2.75, 3.05) is 13.1 Å². The molecule has 1 aromatic carbocycles. The monoisotopic (exact) mass is 379 g/mol. The van der Waals surface area contributed by atoms with Gasteiger partial charge in [0.2, 0.25) is 11.8 Å². The number of ether oxygens (including phenoxy) is 1. The van der Waals surface area contributed by atoms with Crippen molar-refractivity contribution in [3.8, 4) is 0 Å².